The fourth-order valence-corrected chi connectivity index (χ4v) is 2.34. The standard InChI is InChI=1S/C21H23N3O5/c1-14(22-19(26)15-7-5-4-6-8-15)21(28)29-13-18(25)23-17-11-9-16(10-12-17)20(27)24(2)3/h4-12,14H,13H2,1-3H3,(H,22,26)(H,23,25)/t14-/m0/s1. The highest BCUT2D eigenvalue weighted by molar-refractivity contribution is 5.98. The first-order chi connectivity index (χ1) is 13.8. The van der Waals surface area contributed by atoms with Gasteiger partial charge in [-0.25, -0.2) is 4.79 Å². The number of carbonyl (C=O) groups is 4. The molecule has 0 aromatic heterocycles. The van der Waals surface area contributed by atoms with Crippen LogP contribution in [0.2, 0.25) is 0 Å². The van der Waals surface area contributed by atoms with Crippen LogP contribution in [-0.2, 0) is 14.3 Å². The van der Waals surface area contributed by atoms with E-state index in [0.29, 0.717) is 16.8 Å². The fraction of sp³-hybridized carbons (Fsp3) is 0.238. The molecule has 0 spiro atoms. The maximum Gasteiger partial charge on any atom is 0.328 e. The average molecular weight is 397 g/mol. The van der Waals surface area contributed by atoms with Gasteiger partial charge in [0, 0.05) is 30.9 Å². The van der Waals surface area contributed by atoms with Gasteiger partial charge in [-0.3, -0.25) is 14.4 Å². The largest absolute Gasteiger partial charge is 0.454 e. The van der Waals surface area contributed by atoms with Gasteiger partial charge in [-0.2, -0.15) is 0 Å². The molecule has 0 saturated carbocycles. The predicted molar refractivity (Wildman–Crippen MR) is 107 cm³/mol. The molecule has 152 valence electrons. The molecule has 3 amide bonds. The highest BCUT2D eigenvalue weighted by Gasteiger charge is 2.19. The van der Waals surface area contributed by atoms with E-state index in [-0.39, 0.29) is 5.91 Å². The summed E-state index contributed by atoms with van der Waals surface area (Å²) in [7, 11) is 3.30. The van der Waals surface area contributed by atoms with Gasteiger partial charge in [0.25, 0.3) is 17.7 Å². The molecule has 0 saturated heterocycles. The zero-order valence-corrected chi connectivity index (χ0v) is 16.5. The molecular formula is C21H23N3O5. The number of amides is 3. The Labute approximate surface area is 168 Å². The molecule has 0 aliphatic rings. The summed E-state index contributed by atoms with van der Waals surface area (Å²) >= 11 is 0. The predicted octanol–water partition coefficient (Wildman–Crippen LogP) is 1.69. The lowest BCUT2D eigenvalue weighted by molar-refractivity contribution is -0.148. The lowest BCUT2D eigenvalue weighted by atomic mass is 10.2. The van der Waals surface area contributed by atoms with Crippen LogP contribution in [0.3, 0.4) is 0 Å². The molecule has 8 nitrogen and oxygen atoms in total. The van der Waals surface area contributed by atoms with Crippen LogP contribution in [-0.4, -0.2) is 55.3 Å². The van der Waals surface area contributed by atoms with Crippen molar-refractivity contribution in [3.05, 3.63) is 65.7 Å². The van der Waals surface area contributed by atoms with Crippen LogP contribution in [0.15, 0.2) is 54.6 Å². The number of hydrogen-bond donors (Lipinski definition) is 2. The molecule has 0 aliphatic carbocycles. The van der Waals surface area contributed by atoms with Crippen molar-refractivity contribution in [2.45, 2.75) is 13.0 Å². The number of nitrogens with zero attached hydrogens (tertiary/aromatic N) is 1. The Balaban J connectivity index is 1.80. The monoisotopic (exact) mass is 397 g/mol. The first-order valence-corrected chi connectivity index (χ1v) is 8.92. The zero-order valence-electron chi connectivity index (χ0n) is 16.5. The SMILES string of the molecule is C[C@H](NC(=O)c1ccccc1)C(=O)OCC(=O)Nc1ccc(C(=O)N(C)C)cc1. The Kier molecular flexibility index (Phi) is 7.47. The summed E-state index contributed by atoms with van der Waals surface area (Å²) in [6, 6.07) is 13.9. The van der Waals surface area contributed by atoms with E-state index < -0.39 is 30.4 Å². The molecule has 1 atom stereocenters. The van der Waals surface area contributed by atoms with Gasteiger partial charge >= 0.3 is 5.97 Å². The number of carbonyl (C=O) groups excluding carboxylic acids is 4. The minimum atomic E-state index is -0.910. The molecule has 0 radical (unpaired) electrons. The molecular weight excluding hydrogens is 374 g/mol. The normalized spacial score (nSPS) is 11.1. The first-order valence-electron chi connectivity index (χ1n) is 8.92. The van der Waals surface area contributed by atoms with Crippen molar-refractivity contribution in [2.75, 3.05) is 26.0 Å². The number of hydrogen-bond acceptors (Lipinski definition) is 5. The van der Waals surface area contributed by atoms with Gasteiger partial charge in [-0.15, -0.1) is 0 Å². The summed E-state index contributed by atoms with van der Waals surface area (Å²) in [5.41, 5.74) is 1.37. The summed E-state index contributed by atoms with van der Waals surface area (Å²) in [6.45, 7) is 0.977. The molecule has 29 heavy (non-hydrogen) atoms. The maximum atomic E-state index is 12.0. The summed E-state index contributed by atoms with van der Waals surface area (Å²) in [5.74, 6) is -1.82. The second kappa shape index (κ2) is 10.0. The first kappa shape index (κ1) is 21.6. The minimum Gasteiger partial charge on any atom is -0.454 e. The van der Waals surface area contributed by atoms with E-state index in [1.807, 2.05) is 0 Å². The average Bonchev–Trinajstić information content (AvgIpc) is 2.72. The van der Waals surface area contributed by atoms with Gasteiger partial charge < -0.3 is 20.3 Å². The summed E-state index contributed by atoms with van der Waals surface area (Å²) < 4.78 is 4.94. The molecule has 0 heterocycles. The van der Waals surface area contributed by atoms with Gasteiger partial charge in [0.05, 0.1) is 0 Å². The number of anilines is 1. The molecule has 0 bridgehead atoms. The van der Waals surface area contributed by atoms with Gasteiger partial charge in [0.1, 0.15) is 6.04 Å². The van der Waals surface area contributed by atoms with Gasteiger partial charge in [0.2, 0.25) is 0 Å². The second-order valence-corrected chi connectivity index (χ2v) is 6.49. The fourth-order valence-electron chi connectivity index (χ4n) is 2.34. The quantitative estimate of drug-likeness (QED) is 0.692. The van der Waals surface area contributed by atoms with Crippen LogP contribution >= 0.6 is 0 Å². The smallest absolute Gasteiger partial charge is 0.328 e. The van der Waals surface area contributed by atoms with Crippen LogP contribution < -0.4 is 10.6 Å². The Bertz CT molecular complexity index is 879. The number of esters is 1. The lowest BCUT2D eigenvalue weighted by Gasteiger charge is -2.14. The molecule has 2 N–H and O–H groups in total. The van der Waals surface area contributed by atoms with E-state index in [0.717, 1.165) is 0 Å². The van der Waals surface area contributed by atoms with Crippen molar-refractivity contribution in [1.82, 2.24) is 10.2 Å². The summed E-state index contributed by atoms with van der Waals surface area (Å²) in [4.78, 5) is 49.3. The third-order valence-electron chi connectivity index (χ3n) is 3.90. The van der Waals surface area contributed by atoms with E-state index in [4.69, 9.17) is 4.74 Å². The van der Waals surface area contributed by atoms with E-state index in [9.17, 15) is 19.2 Å². The third-order valence-corrected chi connectivity index (χ3v) is 3.90. The molecule has 8 heteroatoms. The highest BCUT2D eigenvalue weighted by atomic mass is 16.5. The van der Waals surface area contributed by atoms with E-state index >= 15 is 0 Å². The lowest BCUT2D eigenvalue weighted by Crippen LogP contribution is -2.40. The Morgan fingerprint density at radius 2 is 1.55 bits per heavy atom. The van der Waals surface area contributed by atoms with Crippen LogP contribution in [0.25, 0.3) is 0 Å². The van der Waals surface area contributed by atoms with Crippen molar-refractivity contribution in [3.63, 3.8) is 0 Å². The molecule has 0 aliphatic heterocycles. The zero-order chi connectivity index (χ0) is 21.4. The number of rotatable bonds is 7. The van der Waals surface area contributed by atoms with E-state index in [2.05, 4.69) is 10.6 Å². The third kappa shape index (κ3) is 6.46. The van der Waals surface area contributed by atoms with Gasteiger partial charge in [-0.05, 0) is 43.3 Å². The maximum absolute atomic E-state index is 12.0. The van der Waals surface area contributed by atoms with Crippen LogP contribution in [0, 0.1) is 0 Å². The Hall–Kier alpha value is -3.68. The Morgan fingerprint density at radius 3 is 2.14 bits per heavy atom. The van der Waals surface area contributed by atoms with E-state index in [1.165, 1.54) is 11.8 Å². The van der Waals surface area contributed by atoms with Gasteiger partial charge in [0.15, 0.2) is 6.61 Å². The number of nitrogens with one attached hydrogen (secondary N) is 2. The highest BCUT2D eigenvalue weighted by Crippen LogP contribution is 2.11. The van der Waals surface area contributed by atoms with Gasteiger partial charge in [-0.1, -0.05) is 18.2 Å². The van der Waals surface area contributed by atoms with Crippen molar-refractivity contribution in [1.29, 1.82) is 0 Å². The summed E-state index contributed by atoms with van der Waals surface area (Å²) in [5, 5.41) is 5.08. The molecule has 2 rings (SSSR count). The minimum absolute atomic E-state index is 0.150. The van der Waals surface area contributed by atoms with Crippen molar-refractivity contribution in [2.24, 2.45) is 0 Å². The molecule has 0 fully saturated rings. The number of ether oxygens (including phenoxy) is 1. The van der Waals surface area contributed by atoms with Crippen molar-refractivity contribution in [3.8, 4) is 0 Å². The topological polar surface area (TPSA) is 105 Å². The van der Waals surface area contributed by atoms with Crippen molar-refractivity contribution >= 4 is 29.4 Å². The Morgan fingerprint density at radius 1 is 0.931 bits per heavy atom. The van der Waals surface area contributed by atoms with E-state index in [1.54, 1.807) is 68.7 Å². The van der Waals surface area contributed by atoms with Crippen LogP contribution in [0.4, 0.5) is 5.69 Å². The molecule has 0 unspecified atom stereocenters. The van der Waals surface area contributed by atoms with Crippen LogP contribution in [0.5, 0.6) is 0 Å². The second-order valence-electron chi connectivity index (χ2n) is 6.49. The summed E-state index contributed by atoms with van der Waals surface area (Å²) in [6.07, 6.45) is 0. The van der Waals surface area contributed by atoms with Crippen LogP contribution in [0.1, 0.15) is 27.6 Å². The number of benzene rings is 2. The molecule has 2 aromatic rings. The van der Waals surface area contributed by atoms with Crippen molar-refractivity contribution < 1.29 is 23.9 Å². The molecule has 2 aromatic carbocycles.